The second-order valence-corrected chi connectivity index (χ2v) is 6.70. The van der Waals surface area contributed by atoms with Crippen LogP contribution in [-0.2, 0) is 9.59 Å². The Balaban J connectivity index is 3.15. The normalized spacial score (nSPS) is 11.1. The Bertz CT molecular complexity index is 357. The molecule has 5 heteroatoms. The maximum absolute atomic E-state index is 10.9. The number of nitrogens with one attached hydrogen (secondary N) is 1. The lowest BCUT2D eigenvalue weighted by Gasteiger charge is -2.02. The average Bonchev–Trinajstić information content (AvgIpc) is 2.60. The number of hydrogen-bond acceptors (Lipinski definition) is 3. The van der Waals surface area contributed by atoms with Crippen molar-refractivity contribution >= 4 is 11.8 Å². The molecule has 0 saturated heterocycles. The molecule has 146 valence electrons. The molecule has 0 heterocycles. The standard InChI is InChI=1S/C20H39N3O2/c21-17-15-13-11-9-7-5-3-1-2-4-6-8-10-12-14-16-18-23-20(25)19(22)24/h1-2H,3-18,21H2,(H2,22,24)(H,23,25). The van der Waals surface area contributed by atoms with Crippen LogP contribution in [-0.4, -0.2) is 24.9 Å². The Kier molecular flexibility index (Phi) is 17.9. The van der Waals surface area contributed by atoms with Gasteiger partial charge in [0.25, 0.3) is 0 Å². The molecule has 0 fully saturated rings. The molecule has 0 aliphatic carbocycles. The van der Waals surface area contributed by atoms with Gasteiger partial charge < -0.3 is 16.8 Å². The van der Waals surface area contributed by atoms with Gasteiger partial charge in [-0.15, -0.1) is 0 Å². The number of nitrogens with two attached hydrogens (primary N) is 2. The molecule has 0 unspecified atom stereocenters. The topological polar surface area (TPSA) is 98.2 Å². The summed E-state index contributed by atoms with van der Waals surface area (Å²) in [6, 6.07) is 0. The predicted molar refractivity (Wildman–Crippen MR) is 105 cm³/mol. The van der Waals surface area contributed by atoms with Crippen LogP contribution in [0.3, 0.4) is 0 Å². The minimum Gasteiger partial charge on any atom is -0.361 e. The van der Waals surface area contributed by atoms with Gasteiger partial charge in [0.05, 0.1) is 0 Å². The Morgan fingerprint density at radius 2 is 1.12 bits per heavy atom. The Hall–Kier alpha value is -1.36. The van der Waals surface area contributed by atoms with Gasteiger partial charge in [-0.3, -0.25) is 9.59 Å². The number of unbranched alkanes of at least 4 members (excludes halogenated alkanes) is 12. The van der Waals surface area contributed by atoms with Gasteiger partial charge in [-0.05, 0) is 45.1 Å². The lowest BCUT2D eigenvalue weighted by atomic mass is 10.1. The van der Waals surface area contributed by atoms with E-state index < -0.39 is 11.8 Å². The molecule has 25 heavy (non-hydrogen) atoms. The summed E-state index contributed by atoms with van der Waals surface area (Å²) in [6.07, 6.45) is 21.8. The predicted octanol–water partition coefficient (Wildman–Crippen LogP) is 3.56. The number of hydrogen-bond donors (Lipinski definition) is 3. The molecule has 0 bridgehead atoms. The van der Waals surface area contributed by atoms with Gasteiger partial charge >= 0.3 is 11.8 Å². The molecule has 5 nitrogen and oxygen atoms in total. The molecule has 0 aromatic carbocycles. The molecule has 2 amide bonds. The fourth-order valence-corrected chi connectivity index (χ4v) is 2.73. The number of amides is 2. The van der Waals surface area contributed by atoms with Gasteiger partial charge in [-0.2, -0.15) is 0 Å². The van der Waals surface area contributed by atoms with Gasteiger partial charge in [-0.1, -0.05) is 63.5 Å². The summed E-state index contributed by atoms with van der Waals surface area (Å²) < 4.78 is 0. The van der Waals surface area contributed by atoms with Crippen LogP contribution in [0, 0.1) is 0 Å². The van der Waals surface area contributed by atoms with E-state index in [0.29, 0.717) is 6.54 Å². The van der Waals surface area contributed by atoms with Crippen LogP contribution in [0.4, 0.5) is 0 Å². The summed E-state index contributed by atoms with van der Waals surface area (Å²) in [7, 11) is 0. The van der Waals surface area contributed by atoms with Crippen LogP contribution in [0.25, 0.3) is 0 Å². The number of allylic oxidation sites excluding steroid dienone is 2. The van der Waals surface area contributed by atoms with Crippen molar-refractivity contribution in [2.24, 2.45) is 11.5 Å². The van der Waals surface area contributed by atoms with E-state index in [4.69, 9.17) is 11.5 Å². The SMILES string of the molecule is NCCCCCCCCC=CCCCCCCCCNC(=O)C(N)=O. The highest BCUT2D eigenvalue weighted by Gasteiger charge is 2.05. The lowest BCUT2D eigenvalue weighted by molar-refractivity contribution is -0.137. The molecular formula is C20H39N3O2. The van der Waals surface area contributed by atoms with Crippen LogP contribution in [0.1, 0.15) is 89.9 Å². The molecule has 0 radical (unpaired) electrons. The minimum absolute atomic E-state index is 0.539. The van der Waals surface area contributed by atoms with Gasteiger partial charge in [0.1, 0.15) is 0 Å². The van der Waals surface area contributed by atoms with Crippen LogP contribution < -0.4 is 16.8 Å². The van der Waals surface area contributed by atoms with Crippen molar-refractivity contribution in [1.82, 2.24) is 5.32 Å². The fourth-order valence-electron chi connectivity index (χ4n) is 2.73. The molecule has 0 aromatic rings. The molecule has 0 aromatic heterocycles. The summed E-state index contributed by atoms with van der Waals surface area (Å²) in [5.41, 5.74) is 10.3. The third-order valence-electron chi connectivity index (χ3n) is 4.30. The van der Waals surface area contributed by atoms with Gasteiger partial charge in [0.15, 0.2) is 0 Å². The Morgan fingerprint density at radius 3 is 1.60 bits per heavy atom. The first-order valence-corrected chi connectivity index (χ1v) is 10.1. The van der Waals surface area contributed by atoms with E-state index in [2.05, 4.69) is 17.5 Å². The van der Waals surface area contributed by atoms with E-state index in [1.54, 1.807) is 0 Å². The third-order valence-corrected chi connectivity index (χ3v) is 4.30. The van der Waals surface area contributed by atoms with Gasteiger partial charge in [0.2, 0.25) is 0 Å². The molecule has 0 atom stereocenters. The molecule has 0 rings (SSSR count). The zero-order chi connectivity index (χ0) is 18.6. The summed E-state index contributed by atoms with van der Waals surface area (Å²) >= 11 is 0. The van der Waals surface area contributed by atoms with Crippen molar-refractivity contribution in [2.45, 2.75) is 89.9 Å². The van der Waals surface area contributed by atoms with E-state index in [0.717, 1.165) is 19.4 Å². The van der Waals surface area contributed by atoms with Crippen molar-refractivity contribution in [3.8, 4) is 0 Å². The summed E-state index contributed by atoms with van der Waals surface area (Å²) in [6.45, 7) is 1.37. The van der Waals surface area contributed by atoms with Crippen molar-refractivity contribution in [2.75, 3.05) is 13.1 Å². The first-order valence-electron chi connectivity index (χ1n) is 10.1. The maximum Gasteiger partial charge on any atom is 0.309 e. The van der Waals surface area contributed by atoms with E-state index in [1.165, 1.54) is 77.0 Å². The second-order valence-electron chi connectivity index (χ2n) is 6.70. The first kappa shape index (κ1) is 23.6. The Morgan fingerprint density at radius 1 is 0.680 bits per heavy atom. The Labute approximate surface area is 154 Å². The van der Waals surface area contributed by atoms with E-state index in [9.17, 15) is 9.59 Å². The van der Waals surface area contributed by atoms with Gasteiger partial charge in [-0.25, -0.2) is 0 Å². The molecular weight excluding hydrogens is 314 g/mol. The van der Waals surface area contributed by atoms with Gasteiger partial charge in [0, 0.05) is 6.54 Å². The number of carbonyl (C=O) groups excluding carboxylic acids is 2. The quantitative estimate of drug-likeness (QED) is 0.212. The lowest BCUT2D eigenvalue weighted by Crippen LogP contribution is -2.36. The van der Waals surface area contributed by atoms with E-state index in [1.807, 2.05) is 0 Å². The summed E-state index contributed by atoms with van der Waals surface area (Å²) in [5, 5.41) is 2.51. The van der Waals surface area contributed by atoms with Crippen LogP contribution in [0.2, 0.25) is 0 Å². The van der Waals surface area contributed by atoms with Crippen LogP contribution >= 0.6 is 0 Å². The minimum atomic E-state index is -0.907. The maximum atomic E-state index is 10.9. The smallest absolute Gasteiger partial charge is 0.309 e. The molecule has 0 aliphatic heterocycles. The van der Waals surface area contributed by atoms with Crippen LogP contribution in [0.15, 0.2) is 12.2 Å². The van der Waals surface area contributed by atoms with Crippen LogP contribution in [0.5, 0.6) is 0 Å². The fraction of sp³-hybridized carbons (Fsp3) is 0.800. The number of primary amides is 1. The number of rotatable bonds is 17. The summed E-state index contributed by atoms with van der Waals surface area (Å²) in [4.78, 5) is 21.4. The molecule has 0 saturated carbocycles. The zero-order valence-corrected chi connectivity index (χ0v) is 15.9. The highest BCUT2D eigenvalue weighted by atomic mass is 16.2. The van der Waals surface area contributed by atoms with E-state index >= 15 is 0 Å². The largest absolute Gasteiger partial charge is 0.361 e. The highest BCUT2D eigenvalue weighted by molar-refractivity contribution is 6.34. The average molecular weight is 354 g/mol. The van der Waals surface area contributed by atoms with Crippen molar-refractivity contribution < 1.29 is 9.59 Å². The molecule has 5 N–H and O–H groups in total. The zero-order valence-electron chi connectivity index (χ0n) is 15.9. The highest BCUT2D eigenvalue weighted by Crippen LogP contribution is 2.09. The number of carbonyl (C=O) groups is 2. The monoisotopic (exact) mass is 353 g/mol. The van der Waals surface area contributed by atoms with Crippen molar-refractivity contribution in [3.63, 3.8) is 0 Å². The molecule has 0 spiro atoms. The van der Waals surface area contributed by atoms with Crippen molar-refractivity contribution in [1.29, 1.82) is 0 Å². The summed E-state index contributed by atoms with van der Waals surface area (Å²) in [5.74, 6) is -1.59. The van der Waals surface area contributed by atoms with Crippen molar-refractivity contribution in [3.05, 3.63) is 12.2 Å². The van der Waals surface area contributed by atoms with E-state index in [-0.39, 0.29) is 0 Å². The first-order chi connectivity index (χ1) is 12.2. The molecule has 0 aliphatic rings. The third kappa shape index (κ3) is 18.8. The second kappa shape index (κ2) is 19.0.